The summed E-state index contributed by atoms with van der Waals surface area (Å²) >= 11 is 1.41. The molecule has 1 fully saturated rings. The summed E-state index contributed by atoms with van der Waals surface area (Å²) in [6.07, 6.45) is 1.84. The van der Waals surface area contributed by atoms with Crippen LogP contribution in [0.15, 0.2) is 52.4 Å². The van der Waals surface area contributed by atoms with E-state index in [1.807, 2.05) is 24.3 Å². The van der Waals surface area contributed by atoms with Gasteiger partial charge < -0.3 is 19.1 Å². The Balaban J connectivity index is 1.44. The molecule has 0 atom stereocenters. The maximum absolute atomic E-state index is 12.3. The van der Waals surface area contributed by atoms with Crippen LogP contribution in [0.1, 0.15) is 16.7 Å². The summed E-state index contributed by atoms with van der Waals surface area (Å²) in [5.41, 5.74) is 3.17. The van der Waals surface area contributed by atoms with E-state index in [9.17, 15) is 4.79 Å². The molecule has 1 saturated heterocycles. The number of methoxy groups -OCH3 is 1. The van der Waals surface area contributed by atoms with Crippen molar-refractivity contribution in [1.29, 1.82) is 0 Å². The number of nitrogens with zero attached hydrogens (tertiary/aromatic N) is 2. The molecule has 0 aromatic heterocycles. The lowest BCUT2D eigenvalue weighted by molar-refractivity contribution is -0.113. The van der Waals surface area contributed by atoms with E-state index in [-0.39, 0.29) is 5.91 Å². The fourth-order valence-electron chi connectivity index (χ4n) is 3.18. The van der Waals surface area contributed by atoms with E-state index in [1.54, 1.807) is 7.11 Å². The number of aryl methyl sites for hydroxylation is 1. The molecule has 2 aromatic rings. The molecular weight excluding hydrogens is 400 g/mol. The zero-order valence-corrected chi connectivity index (χ0v) is 17.9. The van der Waals surface area contributed by atoms with Crippen molar-refractivity contribution in [3.63, 3.8) is 0 Å². The minimum atomic E-state index is -0.208. The van der Waals surface area contributed by atoms with Gasteiger partial charge in [-0.05, 0) is 48.0 Å². The predicted octanol–water partition coefficient (Wildman–Crippen LogP) is 3.89. The van der Waals surface area contributed by atoms with E-state index in [0.29, 0.717) is 36.2 Å². The molecular formula is C23H24N2O4S. The van der Waals surface area contributed by atoms with Crippen molar-refractivity contribution in [3.8, 4) is 11.5 Å². The molecule has 0 saturated carbocycles. The number of carbonyl (C=O) groups excluding carboxylic acids is 1. The van der Waals surface area contributed by atoms with Crippen molar-refractivity contribution in [2.24, 2.45) is 4.99 Å². The van der Waals surface area contributed by atoms with Crippen molar-refractivity contribution in [2.75, 3.05) is 33.4 Å². The van der Waals surface area contributed by atoms with Gasteiger partial charge in [-0.25, -0.2) is 0 Å². The number of aliphatic imine (C=N–C) groups is 1. The quantitative estimate of drug-likeness (QED) is 0.679. The Kier molecular flexibility index (Phi) is 6.40. The summed E-state index contributed by atoms with van der Waals surface area (Å²) in [7, 11) is 1.61. The minimum Gasteiger partial charge on any atom is -0.493 e. The average molecular weight is 425 g/mol. The van der Waals surface area contributed by atoms with Crippen LogP contribution in [0.25, 0.3) is 6.08 Å². The van der Waals surface area contributed by atoms with Crippen LogP contribution in [-0.4, -0.2) is 49.4 Å². The van der Waals surface area contributed by atoms with Crippen molar-refractivity contribution < 1.29 is 19.0 Å². The second-order valence-electron chi connectivity index (χ2n) is 7.09. The number of rotatable bonds is 5. The predicted molar refractivity (Wildman–Crippen MR) is 119 cm³/mol. The van der Waals surface area contributed by atoms with Gasteiger partial charge >= 0.3 is 0 Å². The third kappa shape index (κ3) is 4.86. The Morgan fingerprint density at radius 2 is 1.90 bits per heavy atom. The van der Waals surface area contributed by atoms with Crippen LogP contribution < -0.4 is 9.47 Å². The van der Waals surface area contributed by atoms with Crippen molar-refractivity contribution in [3.05, 3.63) is 64.1 Å². The first-order valence-corrected chi connectivity index (χ1v) is 10.7. The molecule has 0 unspecified atom stereocenters. The van der Waals surface area contributed by atoms with Gasteiger partial charge in [-0.15, -0.1) is 0 Å². The Morgan fingerprint density at radius 3 is 2.63 bits per heavy atom. The van der Waals surface area contributed by atoms with Gasteiger partial charge in [0.25, 0.3) is 5.91 Å². The maximum atomic E-state index is 12.3. The van der Waals surface area contributed by atoms with Gasteiger partial charge in [0, 0.05) is 13.1 Å². The van der Waals surface area contributed by atoms with Crippen LogP contribution in [0.4, 0.5) is 0 Å². The molecule has 6 nitrogen and oxygen atoms in total. The molecule has 4 rings (SSSR count). The minimum absolute atomic E-state index is 0.208. The molecule has 30 heavy (non-hydrogen) atoms. The van der Waals surface area contributed by atoms with E-state index >= 15 is 0 Å². The summed E-state index contributed by atoms with van der Waals surface area (Å²) in [6, 6.07) is 13.9. The van der Waals surface area contributed by atoms with Gasteiger partial charge in [0.15, 0.2) is 16.7 Å². The molecule has 7 heteroatoms. The number of hydrogen-bond donors (Lipinski definition) is 0. The number of amidine groups is 1. The first-order valence-electron chi connectivity index (χ1n) is 9.84. The number of morpholine rings is 1. The molecule has 0 spiro atoms. The van der Waals surface area contributed by atoms with Crippen LogP contribution in [0, 0.1) is 6.92 Å². The third-order valence-electron chi connectivity index (χ3n) is 4.89. The molecule has 0 N–H and O–H groups in total. The number of thioether (sulfide) groups is 1. The van der Waals surface area contributed by atoms with E-state index in [4.69, 9.17) is 14.2 Å². The fourth-order valence-corrected chi connectivity index (χ4v) is 4.14. The Morgan fingerprint density at radius 1 is 1.13 bits per heavy atom. The summed E-state index contributed by atoms with van der Waals surface area (Å²) in [5.74, 6) is 1.08. The van der Waals surface area contributed by atoms with E-state index in [2.05, 4.69) is 41.1 Å². The lowest BCUT2D eigenvalue weighted by Gasteiger charge is -2.27. The highest BCUT2D eigenvalue weighted by Crippen LogP contribution is 2.33. The molecule has 156 valence electrons. The Hall–Kier alpha value is -2.77. The first-order chi connectivity index (χ1) is 14.6. The maximum Gasteiger partial charge on any atom is 0.286 e. The zero-order chi connectivity index (χ0) is 20.9. The molecule has 1 amide bonds. The molecule has 2 aliphatic heterocycles. The van der Waals surface area contributed by atoms with Crippen molar-refractivity contribution in [2.45, 2.75) is 13.5 Å². The average Bonchev–Trinajstić information content (AvgIpc) is 3.14. The Labute approximate surface area is 180 Å². The smallest absolute Gasteiger partial charge is 0.286 e. The number of hydrogen-bond acceptors (Lipinski definition) is 6. The van der Waals surface area contributed by atoms with Gasteiger partial charge in [0.2, 0.25) is 0 Å². The summed E-state index contributed by atoms with van der Waals surface area (Å²) in [6.45, 7) is 5.36. The van der Waals surface area contributed by atoms with Crippen LogP contribution in [0.5, 0.6) is 11.5 Å². The number of benzene rings is 2. The van der Waals surface area contributed by atoms with Gasteiger partial charge in [-0.1, -0.05) is 35.9 Å². The third-order valence-corrected chi connectivity index (χ3v) is 5.94. The van der Waals surface area contributed by atoms with E-state index in [1.165, 1.54) is 17.3 Å². The highest BCUT2D eigenvalue weighted by molar-refractivity contribution is 8.18. The first kappa shape index (κ1) is 20.5. The van der Waals surface area contributed by atoms with Crippen LogP contribution in [0.3, 0.4) is 0 Å². The molecule has 2 aliphatic rings. The molecule has 2 heterocycles. The second kappa shape index (κ2) is 9.36. The normalized spacial score (nSPS) is 17.9. The Bertz CT molecular complexity index is 979. The van der Waals surface area contributed by atoms with E-state index < -0.39 is 0 Å². The lowest BCUT2D eigenvalue weighted by Crippen LogP contribution is -2.38. The summed E-state index contributed by atoms with van der Waals surface area (Å²) in [4.78, 5) is 19.2. The fraction of sp³-hybridized carbons (Fsp3) is 0.304. The van der Waals surface area contributed by atoms with Crippen LogP contribution in [0.2, 0.25) is 0 Å². The summed E-state index contributed by atoms with van der Waals surface area (Å²) < 4.78 is 16.8. The topological polar surface area (TPSA) is 60.4 Å². The van der Waals surface area contributed by atoms with Crippen LogP contribution in [-0.2, 0) is 16.1 Å². The lowest BCUT2D eigenvalue weighted by atomic mass is 10.1. The zero-order valence-electron chi connectivity index (χ0n) is 17.1. The largest absolute Gasteiger partial charge is 0.493 e. The molecule has 0 bridgehead atoms. The van der Waals surface area contributed by atoms with Crippen molar-refractivity contribution in [1.82, 2.24) is 4.90 Å². The van der Waals surface area contributed by atoms with Gasteiger partial charge in [-0.2, -0.15) is 4.99 Å². The van der Waals surface area contributed by atoms with Gasteiger partial charge in [0.05, 0.1) is 25.2 Å². The highest BCUT2D eigenvalue weighted by atomic mass is 32.2. The monoisotopic (exact) mass is 424 g/mol. The second-order valence-corrected chi connectivity index (χ2v) is 8.10. The molecule has 0 aliphatic carbocycles. The van der Waals surface area contributed by atoms with E-state index in [0.717, 1.165) is 29.4 Å². The van der Waals surface area contributed by atoms with Gasteiger partial charge in [0.1, 0.15) is 6.61 Å². The van der Waals surface area contributed by atoms with Crippen LogP contribution >= 0.6 is 11.8 Å². The highest BCUT2D eigenvalue weighted by Gasteiger charge is 2.27. The van der Waals surface area contributed by atoms with Crippen molar-refractivity contribution >= 4 is 28.9 Å². The number of ether oxygens (including phenoxy) is 3. The van der Waals surface area contributed by atoms with Gasteiger partial charge in [-0.3, -0.25) is 4.79 Å². The number of carbonyl (C=O) groups is 1. The SMILES string of the molecule is COc1cc(/C=C2\SC(N3CCOCC3)=NC2=O)ccc1OCc1ccc(C)cc1. The molecule has 0 radical (unpaired) electrons. The standard InChI is InChI=1S/C23H24N2O4S/c1-16-3-5-17(6-4-16)15-29-19-8-7-18(13-20(19)27-2)14-21-22(26)24-23(30-21)25-9-11-28-12-10-25/h3-8,13-14H,9-12,15H2,1-2H3/b21-14-. The number of amides is 1. The summed E-state index contributed by atoms with van der Waals surface area (Å²) in [5, 5.41) is 0.750. The molecule has 2 aromatic carbocycles.